The van der Waals surface area contributed by atoms with E-state index in [1.165, 1.54) is 7.11 Å². The molecule has 0 spiro atoms. The minimum absolute atomic E-state index is 0.122. The minimum Gasteiger partial charge on any atom is -0.497 e. The number of methoxy groups -OCH3 is 1. The van der Waals surface area contributed by atoms with Gasteiger partial charge in [0.25, 0.3) is 11.8 Å². The van der Waals surface area contributed by atoms with E-state index in [1.54, 1.807) is 43.3 Å². The number of amides is 3. The zero-order chi connectivity index (χ0) is 30.2. The molecule has 0 fully saturated rings. The van der Waals surface area contributed by atoms with Gasteiger partial charge in [-0.15, -0.1) is 0 Å². The van der Waals surface area contributed by atoms with Crippen LogP contribution in [0.15, 0.2) is 71.1 Å². The molecule has 5 rings (SSSR count). The van der Waals surface area contributed by atoms with E-state index >= 15 is 0 Å². The number of carbonyl (C=O) groups is 3. The fraction of sp³-hybridized carbons (Fsp3) is 0.303. The summed E-state index contributed by atoms with van der Waals surface area (Å²) in [6, 6.07) is 19.4. The highest BCUT2D eigenvalue weighted by atomic mass is 16.5. The van der Waals surface area contributed by atoms with Crippen molar-refractivity contribution in [1.82, 2.24) is 16.0 Å². The van der Waals surface area contributed by atoms with Gasteiger partial charge in [0.05, 0.1) is 24.8 Å². The standard InChI is InChI=1S/C33H35N3O7/c1-21-30(26-18-24(12-14-28(26)43-21)42-20-22-8-4-3-5-9-22)33(39)36-27-10-6-7-15-34-31(37)25-13-11-23(40-2)19-29(25)41-17-16-35-32(27)38/h3-5,8-9,11-14,18-19,27H,6-7,10,15-17,20H2,1-2H3,(H,34,37)(H,35,38)(H,36,39)/t27-/m0/s1. The van der Waals surface area contributed by atoms with Crippen LogP contribution in [0.4, 0.5) is 0 Å². The summed E-state index contributed by atoms with van der Waals surface area (Å²) in [6.45, 7) is 2.82. The lowest BCUT2D eigenvalue weighted by Gasteiger charge is -2.20. The summed E-state index contributed by atoms with van der Waals surface area (Å²) in [5.74, 6) is 0.976. The number of hydrogen-bond donors (Lipinski definition) is 3. The van der Waals surface area contributed by atoms with Crippen LogP contribution in [-0.2, 0) is 11.4 Å². The molecule has 224 valence electrons. The van der Waals surface area contributed by atoms with Gasteiger partial charge in [-0.1, -0.05) is 30.3 Å². The molecule has 0 saturated carbocycles. The van der Waals surface area contributed by atoms with Gasteiger partial charge in [0.1, 0.15) is 47.8 Å². The van der Waals surface area contributed by atoms with Gasteiger partial charge >= 0.3 is 0 Å². The summed E-state index contributed by atoms with van der Waals surface area (Å²) in [5, 5.41) is 9.26. The number of rotatable bonds is 6. The largest absolute Gasteiger partial charge is 0.497 e. The number of nitrogens with one attached hydrogen (secondary N) is 3. The van der Waals surface area contributed by atoms with E-state index < -0.39 is 11.9 Å². The maximum Gasteiger partial charge on any atom is 0.256 e. The second-order valence-electron chi connectivity index (χ2n) is 10.2. The predicted molar refractivity (Wildman–Crippen MR) is 161 cm³/mol. The molecule has 2 heterocycles. The number of carbonyl (C=O) groups excluding carboxylic acids is 3. The van der Waals surface area contributed by atoms with E-state index in [4.69, 9.17) is 18.6 Å². The summed E-state index contributed by atoms with van der Waals surface area (Å²) in [5.41, 5.74) is 2.33. The van der Waals surface area contributed by atoms with Crippen molar-refractivity contribution in [3.8, 4) is 17.2 Å². The van der Waals surface area contributed by atoms with Crippen LogP contribution in [0, 0.1) is 6.92 Å². The van der Waals surface area contributed by atoms with Crippen molar-refractivity contribution in [2.45, 2.75) is 38.8 Å². The molecule has 0 bridgehead atoms. The molecule has 0 radical (unpaired) electrons. The molecule has 4 aromatic rings. The topological polar surface area (TPSA) is 128 Å². The highest BCUT2D eigenvalue weighted by molar-refractivity contribution is 6.08. The molecule has 0 aliphatic carbocycles. The zero-order valence-corrected chi connectivity index (χ0v) is 24.2. The third kappa shape index (κ3) is 7.27. The molecule has 43 heavy (non-hydrogen) atoms. The van der Waals surface area contributed by atoms with Crippen LogP contribution >= 0.6 is 0 Å². The Morgan fingerprint density at radius 1 is 0.977 bits per heavy atom. The Hall–Kier alpha value is -4.99. The van der Waals surface area contributed by atoms with E-state index in [9.17, 15) is 14.4 Å². The van der Waals surface area contributed by atoms with Crippen molar-refractivity contribution in [2.24, 2.45) is 0 Å². The van der Waals surface area contributed by atoms with Crippen LogP contribution in [0.1, 0.15) is 51.3 Å². The average Bonchev–Trinajstić information content (AvgIpc) is 3.36. The summed E-state index contributed by atoms with van der Waals surface area (Å²) >= 11 is 0. The van der Waals surface area contributed by atoms with Gasteiger partial charge in [0.15, 0.2) is 0 Å². The number of furan rings is 1. The highest BCUT2D eigenvalue weighted by Crippen LogP contribution is 2.30. The first-order valence-corrected chi connectivity index (χ1v) is 14.3. The van der Waals surface area contributed by atoms with Crippen molar-refractivity contribution in [3.63, 3.8) is 0 Å². The molecule has 10 nitrogen and oxygen atoms in total. The van der Waals surface area contributed by atoms with Crippen molar-refractivity contribution < 1.29 is 33.0 Å². The van der Waals surface area contributed by atoms with Crippen molar-refractivity contribution in [1.29, 1.82) is 0 Å². The molecule has 10 heteroatoms. The first-order chi connectivity index (χ1) is 20.9. The molecule has 1 atom stereocenters. The first kappa shape index (κ1) is 29.5. The van der Waals surface area contributed by atoms with E-state index in [0.717, 1.165) is 5.56 Å². The summed E-state index contributed by atoms with van der Waals surface area (Å²) in [6.07, 6.45) is 1.61. The molecular weight excluding hydrogens is 550 g/mol. The Balaban J connectivity index is 1.28. The maximum atomic E-state index is 13.6. The minimum atomic E-state index is -0.791. The average molecular weight is 586 g/mol. The number of hydrogen-bond acceptors (Lipinski definition) is 7. The fourth-order valence-electron chi connectivity index (χ4n) is 4.98. The van der Waals surface area contributed by atoms with Gasteiger partial charge in [0.2, 0.25) is 5.91 Å². The second-order valence-corrected chi connectivity index (χ2v) is 10.2. The highest BCUT2D eigenvalue weighted by Gasteiger charge is 2.25. The molecular formula is C33H35N3O7. The number of ether oxygens (including phenoxy) is 3. The van der Waals surface area contributed by atoms with Crippen LogP contribution in [0.2, 0.25) is 0 Å². The summed E-state index contributed by atoms with van der Waals surface area (Å²) in [7, 11) is 1.53. The first-order valence-electron chi connectivity index (χ1n) is 14.3. The fourth-order valence-corrected chi connectivity index (χ4v) is 4.98. The third-order valence-electron chi connectivity index (χ3n) is 7.23. The number of benzene rings is 3. The monoisotopic (exact) mass is 585 g/mol. The van der Waals surface area contributed by atoms with Crippen LogP contribution in [0.3, 0.4) is 0 Å². The maximum absolute atomic E-state index is 13.6. The quantitative estimate of drug-likeness (QED) is 0.303. The molecule has 3 aromatic carbocycles. The van der Waals surface area contributed by atoms with Gasteiger partial charge in [-0.3, -0.25) is 14.4 Å². The Bertz CT molecular complexity index is 1600. The Kier molecular flexibility index (Phi) is 9.46. The lowest BCUT2D eigenvalue weighted by molar-refractivity contribution is -0.123. The normalized spacial score (nSPS) is 16.2. The Morgan fingerprint density at radius 2 is 1.79 bits per heavy atom. The molecule has 3 amide bonds. The van der Waals surface area contributed by atoms with Gasteiger partial charge < -0.3 is 34.6 Å². The van der Waals surface area contributed by atoms with E-state index in [0.29, 0.717) is 77.5 Å². The molecule has 0 unspecified atom stereocenters. The smallest absolute Gasteiger partial charge is 0.256 e. The Labute approximate surface area is 249 Å². The van der Waals surface area contributed by atoms with Crippen LogP contribution < -0.4 is 30.2 Å². The van der Waals surface area contributed by atoms with Crippen molar-refractivity contribution in [3.05, 3.63) is 89.2 Å². The number of fused-ring (bicyclic) bond motifs is 2. The SMILES string of the molecule is COc1ccc2c(c1)OCCNC(=O)[C@@H](NC(=O)c1c(C)oc3ccc(OCc4ccccc4)cc13)CCCCNC2=O. The van der Waals surface area contributed by atoms with Crippen LogP contribution in [0.25, 0.3) is 11.0 Å². The summed E-state index contributed by atoms with van der Waals surface area (Å²) in [4.78, 5) is 39.5. The molecule has 1 aromatic heterocycles. The van der Waals surface area contributed by atoms with Crippen LogP contribution in [-0.4, -0.2) is 50.6 Å². The third-order valence-corrected chi connectivity index (χ3v) is 7.23. The molecule has 3 N–H and O–H groups in total. The molecule has 1 aliphatic rings. The van der Waals surface area contributed by atoms with E-state index in [1.807, 2.05) is 30.3 Å². The van der Waals surface area contributed by atoms with E-state index in [-0.39, 0.29) is 25.0 Å². The Morgan fingerprint density at radius 3 is 2.60 bits per heavy atom. The van der Waals surface area contributed by atoms with Crippen molar-refractivity contribution in [2.75, 3.05) is 26.8 Å². The zero-order valence-electron chi connectivity index (χ0n) is 24.2. The van der Waals surface area contributed by atoms with Gasteiger partial charge in [-0.05, 0) is 62.1 Å². The lowest BCUT2D eigenvalue weighted by Crippen LogP contribution is -2.47. The lowest BCUT2D eigenvalue weighted by atomic mass is 10.1. The van der Waals surface area contributed by atoms with E-state index in [2.05, 4.69) is 16.0 Å². The predicted octanol–water partition coefficient (Wildman–Crippen LogP) is 4.54. The van der Waals surface area contributed by atoms with Gasteiger partial charge in [-0.25, -0.2) is 0 Å². The van der Waals surface area contributed by atoms with Gasteiger partial charge in [-0.2, -0.15) is 0 Å². The van der Waals surface area contributed by atoms with Crippen LogP contribution in [0.5, 0.6) is 17.2 Å². The van der Waals surface area contributed by atoms with Crippen molar-refractivity contribution >= 4 is 28.7 Å². The number of aryl methyl sites for hydroxylation is 1. The molecule has 1 aliphatic heterocycles. The summed E-state index contributed by atoms with van der Waals surface area (Å²) < 4.78 is 22.9. The molecule has 0 saturated heterocycles. The second kappa shape index (κ2) is 13.8. The van der Waals surface area contributed by atoms with Gasteiger partial charge in [0, 0.05) is 18.0 Å².